The van der Waals surface area contributed by atoms with Crippen LogP contribution in [0.5, 0.6) is 5.75 Å². The molecule has 0 radical (unpaired) electrons. The lowest BCUT2D eigenvalue weighted by atomic mass is 10.1. The molecule has 0 unspecified atom stereocenters. The fourth-order valence-corrected chi connectivity index (χ4v) is 3.59. The Kier molecular flexibility index (Phi) is 4.63. The van der Waals surface area contributed by atoms with E-state index >= 15 is 0 Å². The number of rotatable bonds is 4. The van der Waals surface area contributed by atoms with Gasteiger partial charge in [-0.05, 0) is 23.8 Å². The van der Waals surface area contributed by atoms with Crippen LogP contribution < -0.4 is 15.3 Å². The Labute approximate surface area is 152 Å². The van der Waals surface area contributed by atoms with Crippen molar-refractivity contribution in [2.45, 2.75) is 6.54 Å². The van der Waals surface area contributed by atoms with Crippen molar-refractivity contribution in [3.05, 3.63) is 70.6 Å². The van der Waals surface area contributed by atoms with Gasteiger partial charge in [0.1, 0.15) is 11.3 Å². The van der Waals surface area contributed by atoms with Crippen molar-refractivity contribution in [3.8, 4) is 5.75 Å². The summed E-state index contributed by atoms with van der Waals surface area (Å²) in [6, 6.07) is 17.5. The maximum Gasteiger partial charge on any atom is 0.336 e. The Morgan fingerprint density at radius 2 is 1.73 bits per heavy atom. The normalized spacial score (nSPS) is 15.3. The van der Waals surface area contributed by atoms with Crippen LogP contribution in [0, 0.1) is 0 Å². The van der Waals surface area contributed by atoms with Gasteiger partial charge in [0, 0.05) is 44.2 Å². The van der Waals surface area contributed by atoms with Crippen LogP contribution in [0.15, 0.2) is 63.8 Å². The zero-order chi connectivity index (χ0) is 17.9. The van der Waals surface area contributed by atoms with Crippen LogP contribution in [0.1, 0.15) is 5.56 Å². The first-order valence-electron chi connectivity index (χ1n) is 8.87. The number of benzene rings is 2. The predicted molar refractivity (Wildman–Crippen MR) is 103 cm³/mol. The van der Waals surface area contributed by atoms with Crippen LogP contribution in [0.3, 0.4) is 0 Å². The third kappa shape index (κ3) is 3.30. The number of ether oxygens (including phenoxy) is 1. The third-order valence-electron chi connectivity index (χ3n) is 4.93. The molecule has 134 valence electrons. The summed E-state index contributed by atoms with van der Waals surface area (Å²) in [6.45, 7) is 4.49. The minimum atomic E-state index is -0.286. The maximum absolute atomic E-state index is 11.8. The molecule has 0 aliphatic carbocycles. The minimum Gasteiger partial charge on any atom is -0.495 e. The van der Waals surface area contributed by atoms with Crippen LogP contribution in [0.2, 0.25) is 0 Å². The van der Waals surface area contributed by atoms with Crippen molar-refractivity contribution >= 4 is 16.7 Å². The van der Waals surface area contributed by atoms with E-state index in [1.807, 2.05) is 42.5 Å². The molecule has 26 heavy (non-hydrogen) atoms. The fourth-order valence-electron chi connectivity index (χ4n) is 3.59. The first-order chi connectivity index (χ1) is 12.7. The molecule has 0 saturated carbocycles. The lowest BCUT2D eigenvalue weighted by Gasteiger charge is -2.36. The van der Waals surface area contributed by atoms with Crippen molar-refractivity contribution in [3.63, 3.8) is 0 Å². The van der Waals surface area contributed by atoms with Gasteiger partial charge < -0.3 is 14.1 Å². The molecule has 1 aliphatic rings. The molecule has 1 saturated heterocycles. The summed E-state index contributed by atoms with van der Waals surface area (Å²) in [4.78, 5) is 16.6. The van der Waals surface area contributed by atoms with Crippen molar-refractivity contribution in [1.82, 2.24) is 4.90 Å². The molecule has 1 aromatic heterocycles. The van der Waals surface area contributed by atoms with Gasteiger partial charge in [0.05, 0.1) is 12.8 Å². The summed E-state index contributed by atoms with van der Waals surface area (Å²) >= 11 is 0. The van der Waals surface area contributed by atoms with Gasteiger partial charge in [-0.1, -0.05) is 30.3 Å². The molecule has 3 aromatic rings. The van der Waals surface area contributed by atoms with Crippen molar-refractivity contribution < 1.29 is 9.15 Å². The summed E-state index contributed by atoms with van der Waals surface area (Å²) in [5.41, 5.74) is 2.54. The number of piperazine rings is 1. The van der Waals surface area contributed by atoms with E-state index in [9.17, 15) is 4.79 Å². The number of methoxy groups -OCH3 is 1. The molecular weight excluding hydrogens is 328 g/mol. The van der Waals surface area contributed by atoms with E-state index in [4.69, 9.17) is 9.15 Å². The smallest absolute Gasteiger partial charge is 0.336 e. The SMILES string of the molecule is COc1ccccc1N1CCN(Cc2cc(=O)oc3ccccc23)CC1. The van der Waals surface area contributed by atoms with Crippen molar-refractivity contribution in [2.24, 2.45) is 0 Å². The van der Waals surface area contributed by atoms with Crippen LogP contribution in [0.4, 0.5) is 5.69 Å². The number of nitrogens with zero attached hydrogens (tertiary/aromatic N) is 2. The van der Waals surface area contributed by atoms with Gasteiger partial charge in [-0.3, -0.25) is 4.90 Å². The minimum absolute atomic E-state index is 0.286. The predicted octanol–water partition coefficient (Wildman–Crippen LogP) is 3.12. The highest BCUT2D eigenvalue weighted by Crippen LogP contribution is 2.28. The van der Waals surface area contributed by atoms with E-state index in [1.54, 1.807) is 13.2 Å². The number of hydrogen-bond acceptors (Lipinski definition) is 5. The van der Waals surface area contributed by atoms with E-state index in [-0.39, 0.29) is 5.63 Å². The molecular formula is C21H22N2O3. The molecule has 1 fully saturated rings. The molecule has 0 bridgehead atoms. The fraction of sp³-hybridized carbons (Fsp3) is 0.286. The summed E-state index contributed by atoms with van der Waals surface area (Å²) < 4.78 is 10.8. The summed E-state index contributed by atoms with van der Waals surface area (Å²) in [7, 11) is 1.71. The molecule has 0 amide bonds. The molecule has 2 aromatic carbocycles. The summed E-state index contributed by atoms with van der Waals surface area (Å²) in [5.74, 6) is 0.910. The zero-order valence-corrected chi connectivity index (χ0v) is 14.9. The van der Waals surface area contributed by atoms with Gasteiger partial charge in [-0.15, -0.1) is 0 Å². The zero-order valence-electron chi connectivity index (χ0n) is 14.9. The standard InChI is InChI=1S/C21H22N2O3/c1-25-20-9-5-3-7-18(20)23-12-10-22(11-13-23)15-16-14-21(24)26-19-8-4-2-6-17(16)19/h2-9,14H,10-13,15H2,1H3. The average molecular weight is 350 g/mol. The van der Waals surface area contributed by atoms with Crippen LogP contribution in [-0.2, 0) is 6.54 Å². The number of anilines is 1. The highest BCUT2D eigenvalue weighted by atomic mass is 16.5. The topological polar surface area (TPSA) is 45.9 Å². The summed E-state index contributed by atoms with van der Waals surface area (Å²) in [6.07, 6.45) is 0. The Morgan fingerprint density at radius 3 is 2.54 bits per heavy atom. The molecule has 4 rings (SSSR count). The highest BCUT2D eigenvalue weighted by molar-refractivity contribution is 5.79. The molecule has 2 heterocycles. The second-order valence-corrected chi connectivity index (χ2v) is 6.52. The second-order valence-electron chi connectivity index (χ2n) is 6.52. The lowest BCUT2D eigenvalue weighted by molar-refractivity contribution is 0.249. The van der Waals surface area contributed by atoms with E-state index in [1.165, 1.54) is 0 Å². The third-order valence-corrected chi connectivity index (χ3v) is 4.93. The molecule has 0 N–H and O–H groups in total. The van der Waals surface area contributed by atoms with E-state index in [0.717, 1.165) is 55.1 Å². The molecule has 0 spiro atoms. The van der Waals surface area contributed by atoms with Gasteiger partial charge in [0.2, 0.25) is 0 Å². The molecule has 5 nitrogen and oxygen atoms in total. The number of para-hydroxylation sites is 3. The Hall–Kier alpha value is -2.79. The monoisotopic (exact) mass is 350 g/mol. The van der Waals surface area contributed by atoms with Crippen LogP contribution in [-0.4, -0.2) is 38.2 Å². The average Bonchev–Trinajstić information content (AvgIpc) is 2.68. The second kappa shape index (κ2) is 7.22. The quantitative estimate of drug-likeness (QED) is 0.677. The largest absolute Gasteiger partial charge is 0.495 e. The molecule has 1 aliphatic heterocycles. The lowest BCUT2D eigenvalue weighted by Crippen LogP contribution is -2.46. The Bertz CT molecular complexity index is 959. The number of hydrogen-bond donors (Lipinski definition) is 0. The Balaban J connectivity index is 1.49. The van der Waals surface area contributed by atoms with Gasteiger partial charge >= 0.3 is 5.63 Å². The van der Waals surface area contributed by atoms with Gasteiger partial charge in [0.15, 0.2) is 0 Å². The summed E-state index contributed by atoms with van der Waals surface area (Å²) in [5, 5.41) is 1.01. The first kappa shape index (κ1) is 16.7. The van der Waals surface area contributed by atoms with Crippen LogP contribution >= 0.6 is 0 Å². The Morgan fingerprint density at radius 1 is 1.00 bits per heavy atom. The van der Waals surface area contributed by atoms with E-state index in [2.05, 4.69) is 15.9 Å². The van der Waals surface area contributed by atoms with Crippen molar-refractivity contribution in [2.75, 3.05) is 38.2 Å². The van der Waals surface area contributed by atoms with Gasteiger partial charge in [-0.25, -0.2) is 4.79 Å². The molecule has 0 atom stereocenters. The van der Waals surface area contributed by atoms with Gasteiger partial charge in [-0.2, -0.15) is 0 Å². The maximum atomic E-state index is 11.8. The molecule has 5 heteroatoms. The van der Waals surface area contributed by atoms with E-state index in [0.29, 0.717) is 5.58 Å². The highest BCUT2D eigenvalue weighted by Gasteiger charge is 2.20. The van der Waals surface area contributed by atoms with E-state index < -0.39 is 0 Å². The first-order valence-corrected chi connectivity index (χ1v) is 8.87. The number of fused-ring (bicyclic) bond motifs is 1. The van der Waals surface area contributed by atoms with Crippen molar-refractivity contribution in [1.29, 1.82) is 0 Å². The van der Waals surface area contributed by atoms with Crippen LogP contribution in [0.25, 0.3) is 11.0 Å². The van der Waals surface area contributed by atoms with Gasteiger partial charge in [0.25, 0.3) is 0 Å².